The summed E-state index contributed by atoms with van der Waals surface area (Å²) in [7, 11) is 0. The Morgan fingerprint density at radius 3 is 0.935 bits per heavy atom. The Balaban J connectivity index is 0.910. The third-order valence-corrected chi connectivity index (χ3v) is 10.4. The van der Waals surface area contributed by atoms with Crippen LogP contribution in [0, 0.1) is 35.5 Å². The first-order chi connectivity index (χ1) is 22.5. The van der Waals surface area contributed by atoms with Gasteiger partial charge in [0.2, 0.25) is 0 Å². The fraction of sp³-hybridized carbons (Fsp3) is 0.912. The lowest BCUT2D eigenvalue weighted by Gasteiger charge is -2.31. The Morgan fingerprint density at radius 1 is 0.435 bits per heavy atom. The molecular formula is C34H52O12. The summed E-state index contributed by atoms with van der Waals surface area (Å²) in [4.78, 5) is 37.2. The van der Waals surface area contributed by atoms with Gasteiger partial charge < -0.3 is 42.6 Å². The number of rotatable bonds is 18. The van der Waals surface area contributed by atoms with Crippen LogP contribution >= 0.6 is 0 Å². The zero-order chi connectivity index (χ0) is 31.7. The molecule has 3 saturated carbocycles. The number of carbonyl (C=O) groups is 3. The van der Waals surface area contributed by atoms with Crippen LogP contribution in [0.4, 0.5) is 0 Å². The molecule has 6 aliphatic rings. The van der Waals surface area contributed by atoms with Crippen LogP contribution in [0.2, 0.25) is 0 Å². The topological polar surface area (TPSA) is 144 Å². The minimum Gasteiger partial charge on any atom is -0.463 e. The van der Waals surface area contributed by atoms with Crippen molar-refractivity contribution >= 4 is 17.9 Å². The van der Waals surface area contributed by atoms with Crippen molar-refractivity contribution in [1.82, 2.24) is 0 Å². The van der Waals surface area contributed by atoms with Crippen LogP contribution in [0.5, 0.6) is 0 Å². The predicted molar refractivity (Wildman–Crippen MR) is 160 cm³/mol. The molecule has 0 amide bonds. The first kappa shape index (κ1) is 34.0. The van der Waals surface area contributed by atoms with E-state index in [0.717, 1.165) is 77.0 Å². The molecule has 46 heavy (non-hydrogen) atoms. The van der Waals surface area contributed by atoms with E-state index in [9.17, 15) is 14.4 Å². The van der Waals surface area contributed by atoms with Crippen molar-refractivity contribution in [1.29, 1.82) is 0 Å². The van der Waals surface area contributed by atoms with Gasteiger partial charge in [0.25, 0.3) is 6.48 Å². The van der Waals surface area contributed by atoms with Crippen molar-refractivity contribution in [3.8, 4) is 0 Å². The number of hydrogen-bond donors (Lipinski definition) is 0. The average Bonchev–Trinajstić information content (AvgIpc) is 3.93. The van der Waals surface area contributed by atoms with E-state index in [1.54, 1.807) is 0 Å². The summed E-state index contributed by atoms with van der Waals surface area (Å²) in [6.07, 6.45) is 10.4. The summed E-state index contributed by atoms with van der Waals surface area (Å²) in [5.41, 5.74) is 0. The van der Waals surface area contributed by atoms with Gasteiger partial charge in [-0.2, -0.15) is 0 Å². The number of epoxide rings is 3. The molecule has 0 aromatic rings. The smallest absolute Gasteiger partial charge is 0.309 e. The van der Waals surface area contributed by atoms with E-state index in [-0.39, 0.29) is 54.0 Å². The predicted octanol–water partition coefficient (Wildman–Crippen LogP) is 3.57. The van der Waals surface area contributed by atoms with E-state index in [2.05, 4.69) is 0 Å². The van der Waals surface area contributed by atoms with Gasteiger partial charge in [0.05, 0.1) is 57.4 Å². The monoisotopic (exact) mass is 652 g/mol. The number of ether oxygens (including phenoxy) is 9. The average molecular weight is 653 g/mol. The van der Waals surface area contributed by atoms with E-state index in [4.69, 9.17) is 42.6 Å². The Hall–Kier alpha value is -1.83. The molecule has 0 spiro atoms. The van der Waals surface area contributed by atoms with Gasteiger partial charge in [0.15, 0.2) is 0 Å². The van der Waals surface area contributed by atoms with Gasteiger partial charge in [0.1, 0.15) is 38.1 Å². The van der Waals surface area contributed by atoms with Crippen molar-refractivity contribution in [3.05, 3.63) is 0 Å². The van der Waals surface area contributed by atoms with Crippen molar-refractivity contribution in [2.45, 2.75) is 102 Å². The number of hydrogen-bond acceptors (Lipinski definition) is 12. The fourth-order valence-electron chi connectivity index (χ4n) is 6.85. The Bertz CT molecular complexity index is 847. The van der Waals surface area contributed by atoms with Crippen LogP contribution in [0.25, 0.3) is 0 Å². The molecule has 0 radical (unpaired) electrons. The van der Waals surface area contributed by atoms with Gasteiger partial charge in [-0.1, -0.05) is 0 Å². The third-order valence-electron chi connectivity index (χ3n) is 10.4. The SMILES string of the molecule is O=C(OCC1CO1)C1CCC(COC(OCC2CCC(C(=O)OCC3CO3)CC2)OCC2CCC(C(=O)OCC3CO3)CC2)CC1. The summed E-state index contributed by atoms with van der Waals surface area (Å²) < 4.78 is 50.3. The lowest BCUT2D eigenvalue weighted by molar-refractivity contribution is -0.300. The van der Waals surface area contributed by atoms with Gasteiger partial charge >= 0.3 is 17.9 Å². The highest BCUT2D eigenvalue weighted by atomic mass is 16.8. The first-order valence-corrected chi connectivity index (χ1v) is 17.7. The molecule has 6 fully saturated rings. The molecule has 3 atom stereocenters. The standard InChI is InChI=1S/C34H52O12/c35-31(41-19-28-16-38-28)25-7-1-22(2-8-25)13-44-34(45-14-23-3-9-26(10-4-23)32(36)42-20-29-17-39-29)46-15-24-5-11-27(12-6-24)33(37)43-21-30-18-40-30/h22-30,34H,1-21H2. The highest BCUT2D eigenvalue weighted by Gasteiger charge is 2.34. The van der Waals surface area contributed by atoms with Crippen molar-refractivity contribution in [3.63, 3.8) is 0 Å². The third kappa shape index (κ3) is 11.4. The zero-order valence-electron chi connectivity index (χ0n) is 27.0. The Labute approximate surface area is 271 Å². The summed E-state index contributed by atoms with van der Waals surface area (Å²) in [6, 6.07) is 0. The molecule has 0 aromatic heterocycles. The number of carbonyl (C=O) groups excluding carboxylic acids is 3. The molecule has 260 valence electrons. The van der Waals surface area contributed by atoms with Crippen LogP contribution in [0.3, 0.4) is 0 Å². The molecule has 3 saturated heterocycles. The van der Waals surface area contributed by atoms with Crippen LogP contribution < -0.4 is 0 Å². The molecule has 3 aliphatic carbocycles. The summed E-state index contributed by atoms with van der Waals surface area (Å²) in [5.74, 6) is 0.491. The normalized spacial score (nSPS) is 35.9. The number of esters is 3. The fourth-order valence-corrected chi connectivity index (χ4v) is 6.85. The second kappa shape index (κ2) is 17.0. The van der Waals surface area contributed by atoms with Crippen molar-refractivity contribution in [2.75, 3.05) is 59.5 Å². The largest absolute Gasteiger partial charge is 0.463 e. The van der Waals surface area contributed by atoms with Gasteiger partial charge in [0, 0.05) is 0 Å². The quantitative estimate of drug-likeness (QED) is 0.0924. The van der Waals surface area contributed by atoms with E-state index in [1.807, 2.05) is 0 Å². The highest BCUT2D eigenvalue weighted by molar-refractivity contribution is 5.73. The maximum absolute atomic E-state index is 12.4. The maximum atomic E-state index is 12.4. The molecule has 0 aromatic carbocycles. The van der Waals surface area contributed by atoms with E-state index >= 15 is 0 Å². The molecule has 12 heteroatoms. The van der Waals surface area contributed by atoms with Crippen molar-refractivity contribution in [2.24, 2.45) is 35.5 Å². The van der Waals surface area contributed by atoms with Gasteiger partial charge in [-0.15, -0.1) is 0 Å². The molecule has 12 nitrogen and oxygen atoms in total. The van der Waals surface area contributed by atoms with Gasteiger partial charge in [-0.25, -0.2) is 0 Å². The van der Waals surface area contributed by atoms with Crippen LogP contribution in [0.1, 0.15) is 77.0 Å². The highest BCUT2D eigenvalue weighted by Crippen LogP contribution is 2.34. The second-order valence-electron chi connectivity index (χ2n) is 14.2. The summed E-state index contributed by atoms with van der Waals surface area (Å²) in [5, 5.41) is 0. The lowest BCUT2D eigenvalue weighted by atomic mass is 9.82. The van der Waals surface area contributed by atoms with E-state index < -0.39 is 6.48 Å². The van der Waals surface area contributed by atoms with E-state index in [1.165, 1.54) is 0 Å². The minimum atomic E-state index is -0.774. The molecule has 3 heterocycles. The first-order valence-electron chi connectivity index (χ1n) is 17.7. The minimum absolute atomic E-state index is 0.0535. The molecule has 3 aliphatic heterocycles. The molecule has 6 rings (SSSR count). The molecule has 0 N–H and O–H groups in total. The summed E-state index contributed by atoms with van der Waals surface area (Å²) in [6.45, 7) is 3.89. The molecule has 3 unspecified atom stereocenters. The van der Waals surface area contributed by atoms with Crippen LogP contribution in [-0.2, 0) is 57.0 Å². The zero-order valence-corrected chi connectivity index (χ0v) is 27.0. The van der Waals surface area contributed by atoms with Crippen LogP contribution in [-0.4, -0.2) is 102 Å². The van der Waals surface area contributed by atoms with Gasteiger partial charge in [-0.05, 0) is 94.8 Å². The maximum Gasteiger partial charge on any atom is 0.309 e. The van der Waals surface area contributed by atoms with E-state index in [0.29, 0.717) is 77.2 Å². The van der Waals surface area contributed by atoms with Crippen molar-refractivity contribution < 1.29 is 57.0 Å². The second-order valence-corrected chi connectivity index (χ2v) is 14.2. The molecule has 0 bridgehead atoms. The van der Waals surface area contributed by atoms with Gasteiger partial charge in [-0.3, -0.25) is 14.4 Å². The Kier molecular flexibility index (Phi) is 12.6. The van der Waals surface area contributed by atoms with Crippen LogP contribution in [0.15, 0.2) is 0 Å². The lowest BCUT2D eigenvalue weighted by Crippen LogP contribution is -2.33. The Morgan fingerprint density at radius 2 is 0.696 bits per heavy atom. The molecular weight excluding hydrogens is 600 g/mol. The summed E-state index contributed by atoms with van der Waals surface area (Å²) >= 11 is 0.